The minimum absolute atomic E-state index is 0.481. The first-order valence-corrected chi connectivity index (χ1v) is 5.34. The zero-order valence-corrected chi connectivity index (χ0v) is 9.53. The summed E-state index contributed by atoms with van der Waals surface area (Å²) in [6.07, 6.45) is 6.24. The fourth-order valence-corrected chi connectivity index (χ4v) is 1.76. The van der Waals surface area contributed by atoms with Gasteiger partial charge in [-0.25, -0.2) is 0 Å². The van der Waals surface area contributed by atoms with Crippen molar-refractivity contribution in [2.75, 3.05) is 0 Å². The summed E-state index contributed by atoms with van der Waals surface area (Å²) in [6, 6.07) is 10.5. The maximum absolute atomic E-state index is 5.35. The first-order chi connectivity index (χ1) is 7.15. The molecule has 0 amide bonds. The Balaban J connectivity index is 2.85. The number of hydrogen-bond acceptors (Lipinski definition) is 0. The van der Waals surface area contributed by atoms with Gasteiger partial charge in [0, 0.05) is 0 Å². The van der Waals surface area contributed by atoms with E-state index in [0.29, 0.717) is 11.8 Å². The van der Waals surface area contributed by atoms with Crippen LogP contribution in [0.2, 0.25) is 0 Å². The number of hydrogen-bond donors (Lipinski definition) is 0. The van der Waals surface area contributed by atoms with Gasteiger partial charge >= 0.3 is 0 Å². The molecule has 0 bridgehead atoms. The molecule has 0 fully saturated rings. The van der Waals surface area contributed by atoms with E-state index in [1.807, 2.05) is 6.07 Å². The maximum atomic E-state index is 5.35. The van der Waals surface area contributed by atoms with E-state index in [9.17, 15) is 0 Å². The van der Waals surface area contributed by atoms with Gasteiger partial charge in [-0.15, -0.1) is 6.42 Å². The molecule has 0 spiro atoms. The van der Waals surface area contributed by atoms with Gasteiger partial charge in [0.1, 0.15) is 0 Å². The van der Waals surface area contributed by atoms with Gasteiger partial charge in [-0.3, -0.25) is 0 Å². The van der Waals surface area contributed by atoms with Gasteiger partial charge in [-0.1, -0.05) is 56.7 Å². The second kappa shape index (κ2) is 5.41. The molecule has 0 saturated heterocycles. The Morgan fingerprint density at radius 2 is 1.93 bits per heavy atom. The van der Waals surface area contributed by atoms with E-state index in [2.05, 4.69) is 50.6 Å². The highest BCUT2D eigenvalue weighted by atomic mass is 14.2. The number of benzene rings is 1. The molecule has 1 unspecified atom stereocenters. The fourth-order valence-electron chi connectivity index (χ4n) is 1.76. The predicted octanol–water partition coefficient (Wildman–Crippen LogP) is 4.01. The number of terminal acetylenes is 1. The third-order valence-electron chi connectivity index (χ3n) is 2.70. The normalized spacial score (nSPS) is 12.1. The van der Waals surface area contributed by atoms with E-state index >= 15 is 0 Å². The van der Waals surface area contributed by atoms with E-state index in [4.69, 9.17) is 6.42 Å². The lowest BCUT2D eigenvalue weighted by molar-refractivity contribution is 0.498. The first kappa shape index (κ1) is 11.6. The Morgan fingerprint density at radius 1 is 1.33 bits per heavy atom. The van der Waals surface area contributed by atoms with Crippen LogP contribution in [0.15, 0.2) is 42.5 Å². The Morgan fingerprint density at radius 3 is 2.40 bits per heavy atom. The van der Waals surface area contributed by atoms with Crippen molar-refractivity contribution in [2.24, 2.45) is 5.92 Å². The van der Waals surface area contributed by atoms with Crippen LogP contribution in [0, 0.1) is 18.3 Å². The SMILES string of the molecule is C#CC(=C)CC(c1ccccc1)C(C)C. The fraction of sp³-hybridized carbons (Fsp3) is 0.333. The zero-order valence-electron chi connectivity index (χ0n) is 9.53. The summed E-state index contributed by atoms with van der Waals surface area (Å²) in [4.78, 5) is 0. The van der Waals surface area contributed by atoms with Crippen molar-refractivity contribution in [2.45, 2.75) is 26.2 Å². The number of allylic oxidation sites excluding steroid dienone is 1. The van der Waals surface area contributed by atoms with Crippen LogP contribution in [0.25, 0.3) is 0 Å². The monoisotopic (exact) mass is 198 g/mol. The molecule has 0 N–H and O–H groups in total. The Labute approximate surface area is 93.0 Å². The Hall–Kier alpha value is -1.48. The lowest BCUT2D eigenvalue weighted by atomic mass is 9.84. The molecule has 0 nitrogen and oxygen atoms in total. The summed E-state index contributed by atoms with van der Waals surface area (Å²) in [6.45, 7) is 8.33. The summed E-state index contributed by atoms with van der Waals surface area (Å²) in [5.41, 5.74) is 2.24. The van der Waals surface area contributed by atoms with Crippen molar-refractivity contribution in [3.63, 3.8) is 0 Å². The van der Waals surface area contributed by atoms with Crippen molar-refractivity contribution in [1.29, 1.82) is 0 Å². The predicted molar refractivity (Wildman–Crippen MR) is 66.6 cm³/mol. The van der Waals surface area contributed by atoms with Crippen LogP contribution < -0.4 is 0 Å². The van der Waals surface area contributed by atoms with Crippen LogP contribution in [-0.2, 0) is 0 Å². The number of rotatable bonds is 4. The topological polar surface area (TPSA) is 0 Å². The van der Waals surface area contributed by atoms with Crippen LogP contribution >= 0.6 is 0 Å². The molecule has 78 valence electrons. The molecule has 0 aliphatic rings. The summed E-state index contributed by atoms with van der Waals surface area (Å²) >= 11 is 0. The largest absolute Gasteiger partial charge is 0.115 e. The van der Waals surface area contributed by atoms with Gasteiger partial charge in [-0.05, 0) is 29.4 Å². The van der Waals surface area contributed by atoms with Crippen LogP contribution in [0.4, 0.5) is 0 Å². The molecular formula is C15H18. The van der Waals surface area contributed by atoms with Crippen molar-refractivity contribution in [3.8, 4) is 12.3 Å². The van der Waals surface area contributed by atoms with E-state index in [1.54, 1.807) is 0 Å². The Kier molecular flexibility index (Phi) is 4.18. The smallest absolute Gasteiger partial charge is 0.00480 e. The lowest BCUT2D eigenvalue weighted by Crippen LogP contribution is -2.07. The third-order valence-corrected chi connectivity index (χ3v) is 2.70. The van der Waals surface area contributed by atoms with E-state index in [1.165, 1.54) is 5.56 Å². The van der Waals surface area contributed by atoms with Crippen molar-refractivity contribution < 1.29 is 0 Å². The zero-order chi connectivity index (χ0) is 11.3. The third kappa shape index (κ3) is 3.29. The summed E-state index contributed by atoms with van der Waals surface area (Å²) in [7, 11) is 0. The molecule has 1 aromatic carbocycles. The van der Waals surface area contributed by atoms with Crippen LogP contribution in [-0.4, -0.2) is 0 Å². The molecule has 15 heavy (non-hydrogen) atoms. The molecule has 1 atom stereocenters. The highest BCUT2D eigenvalue weighted by molar-refractivity contribution is 5.28. The van der Waals surface area contributed by atoms with E-state index in [-0.39, 0.29) is 0 Å². The summed E-state index contributed by atoms with van der Waals surface area (Å²) in [5.74, 6) is 3.69. The lowest BCUT2D eigenvalue weighted by Gasteiger charge is -2.21. The van der Waals surface area contributed by atoms with E-state index < -0.39 is 0 Å². The molecule has 1 rings (SSSR count). The van der Waals surface area contributed by atoms with Crippen molar-refractivity contribution >= 4 is 0 Å². The first-order valence-electron chi connectivity index (χ1n) is 5.34. The minimum atomic E-state index is 0.481. The molecule has 0 heteroatoms. The molecule has 0 aliphatic heterocycles. The molecule has 1 aromatic rings. The standard InChI is InChI=1S/C15H18/c1-5-13(4)11-15(12(2)3)14-9-7-6-8-10-14/h1,6-10,12,15H,4,11H2,2-3H3. The van der Waals surface area contributed by atoms with Gasteiger partial charge in [0.2, 0.25) is 0 Å². The molecular weight excluding hydrogens is 180 g/mol. The highest BCUT2D eigenvalue weighted by Gasteiger charge is 2.15. The van der Waals surface area contributed by atoms with Crippen molar-refractivity contribution in [1.82, 2.24) is 0 Å². The van der Waals surface area contributed by atoms with Crippen molar-refractivity contribution in [3.05, 3.63) is 48.0 Å². The summed E-state index contributed by atoms with van der Waals surface area (Å²) in [5, 5.41) is 0. The van der Waals surface area contributed by atoms with Gasteiger partial charge in [0.25, 0.3) is 0 Å². The molecule has 0 aliphatic carbocycles. The molecule has 0 saturated carbocycles. The highest BCUT2D eigenvalue weighted by Crippen LogP contribution is 2.29. The van der Waals surface area contributed by atoms with Gasteiger partial charge in [0.05, 0.1) is 0 Å². The maximum Gasteiger partial charge on any atom is -0.00480 e. The van der Waals surface area contributed by atoms with Crippen LogP contribution in [0.1, 0.15) is 31.7 Å². The average Bonchev–Trinajstić information content (AvgIpc) is 2.26. The molecule has 0 radical (unpaired) electrons. The molecule has 0 aromatic heterocycles. The minimum Gasteiger partial charge on any atom is -0.115 e. The average molecular weight is 198 g/mol. The van der Waals surface area contributed by atoms with Gasteiger partial charge in [0.15, 0.2) is 0 Å². The van der Waals surface area contributed by atoms with Gasteiger partial charge < -0.3 is 0 Å². The van der Waals surface area contributed by atoms with Crippen LogP contribution in [0.5, 0.6) is 0 Å². The van der Waals surface area contributed by atoms with Gasteiger partial charge in [-0.2, -0.15) is 0 Å². The summed E-state index contributed by atoms with van der Waals surface area (Å²) < 4.78 is 0. The molecule has 0 heterocycles. The second-order valence-electron chi connectivity index (χ2n) is 4.21. The second-order valence-corrected chi connectivity index (χ2v) is 4.21. The Bertz CT molecular complexity index is 351. The van der Waals surface area contributed by atoms with E-state index in [0.717, 1.165) is 12.0 Å². The van der Waals surface area contributed by atoms with Crippen LogP contribution in [0.3, 0.4) is 0 Å². The quantitative estimate of drug-likeness (QED) is 0.641.